The molecule has 208 valence electrons. The molecule has 10 nitrogen and oxygen atoms in total. The van der Waals surface area contributed by atoms with Crippen LogP contribution in [0, 0.1) is 18.3 Å². The highest BCUT2D eigenvalue weighted by Gasteiger charge is 2.22. The molecule has 4 aromatic rings. The van der Waals surface area contributed by atoms with E-state index in [1.165, 1.54) is 11.2 Å². The molecular formula is C31H32N8O2. The fraction of sp³-hybridized carbons (Fsp3) is 0.226. The standard InChI is InChI=1S/C31H32N8O2/c1-22-18-27(41-3)12-13-28(22)36-29-19-30(34-21-33-29)39(31(40)35-24-6-4-23(20-32)5-7-24)26-10-8-25(9-11-26)38-16-14-37(2)15-17-38/h4-13,18-19,21H,14-17H2,1-3H3,(H,35,40)(H,33,34,36). The van der Waals surface area contributed by atoms with Gasteiger partial charge in [0.2, 0.25) is 0 Å². The van der Waals surface area contributed by atoms with Gasteiger partial charge in [0.15, 0.2) is 0 Å². The molecule has 5 rings (SSSR count). The third kappa shape index (κ3) is 6.54. The molecule has 1 aliphatic rings. The number of ether oxygens (including phenoxy) is 1. The second-order valence-corrected chi connectivity index (χ2v) is 9.83. The summed E-state index contributed by atoms with van der Waals surface area (Å²) in [6, 6.07) is 23.8. The number of nitrogens with one attached hydrogen (secondary N) is 2. The van der Waals surface area contributed by atoms with E-state index < -0.39 is 6.03 Å². The van der Waals surface area contributed by atoms with Crippen molar-refractivity contribution in [3.8, 4) is 11.8 Å². The number of aryl methyl sites for hydroxylation is 1. The van der Waals surface area contributed by atoms with Gasteiger partial charge in [-0.05, 0) is 86.3 Å². The van der Waals surface area contributed by atoms with Gasteiger partial charge in [0.05, 0.1) is 24.4 Å². The highest BCUT2D eigenvalue weighted by atomic mass is 16.5. The SMILES string of the molecule is COc1ccc(Nc2cc(N(C(=O)Nc3ccc(C#N)cc3)c3ccc(N4CCN(C)CC4)cc3)ncn2)c(C)c1. The van der Waals surface area contributed by atoms with Crippen LogP contribution in [-0.2, 0) is 0 Å². The summed E-state index contributed by atoms with van der Waals surface area (Å²) in [4.78, 5) is 28.7. The van der Waals surface area contributed by atoms with Crippen LogP contribution in [0.2, 0.25) is 0 Å². The maximum absolute atomic E-state index is 13.7. The molecule has 0 radical (unpaired) electrons. The molecule has 1 aromatic heterocycles. The summed E-state index contributed by atoms with van der Waals surface area (Å²) in [6.07, 6.45) is 1.43. The van der Waals surface area contributed by atoms with Gasteiger partial charge in [-0.1, -0.05) is 0 Å². The Hall–Kier alpha value is -5.14. The normalized spacial score (nSPS) is 13.3. The number of methoxy groups -OCH3 is 1. The first-order valence-electron chi connectivity index (χ1n) is 13.3. The molecule has 2 N–H and O–H groups in total. The Labute approximate surface area is 239 Å². The highest BCUT2D eigenvalue weighted by Crippen LogP contribution is 2.30. The number of nitriles is 1. The topological polar surface area (TPSA) is 110 Å². The number of hydrogen-bond donors (Lipinski definition) is 2. The lowest BCUT2D eigenvalue weighted by molar-refractivity contribution is 0.259. The number of rotatable bonds is 7. The maximum Gasteiger partial charge on any atom is 0.332 e. The number of amides is 2. The highest BCUT2D eigenvalue weighted by molar-refractivity contribution is 6.06. The van der Waals surface area contributed by atoms with Crippen LogP contribution in [0.1, 0.15) is 11.1 Å². The Morgan fingerprint density at radius 2 is 1.71 bits per heavy atom. The average Bonchev–Trinajstić information content (AvgIpc) is 3.00. The van der Waals surface area contributed by atoms with Crippen molar-refractivity contribution in [3.63, 3.8) is 0 Å². The number of urea groups is 1. The minimum Gasteiger partial charge on any atom is -0.497 e. The maximum atomic E-state index is 13.7. The molecule has 2 heterocycles. The van der Waals surface area contributed by atoms with E-state index in [9.17, 15) is 4.79 Å². The molecule has 0 saturated carbocycles. The minimum atomic E-state index is -0.396. The van der Waals surface area contributed by atoms with Gasteiger partial charge in [0.1, 0.15) is 23.7 Å². The molecule has 0 aliphatic carbocycles. The fourth-order valence-corrected chi connectivity index (χ4v) is 4.62. The zero-order valence-electron chi connectivity index (χ0n) is 23.3. The van der Waals surface area contributed by atoms with Gasteiger partial charge in [-0.2, -0.15) is 5.26 Å². The van der Waals surface area contributed by atoms with E-state index in [-0.39, 0.29) is 0 Å². The third-order valence-electron chi connectivity index (χ3n) is 7.02. The molecule has 1 fully saturated rings. The van der Waals surface area contributed by atoms with Gasteiger partial charge in [0.25, 0.3) is 0 Å². The Morgan fingerprint density at radius 3 is 2.37 bits per heavy atom. The van der Waals surface area contributed by atoms with Crippen LogP contribution in [0.3, 0.4) is 0 Å². The van der Waals surface area contributed by atoms with Crippen LogP contribution in [-0.4, -0.2) is 61.2 Å². The van der Waals surface area contributed by atoms with Crippen molar-refractivity contribution >= 4 is 40.4 Å². The van der Waals surface area contributed by atoms with Crippen molar-refractivity contribution in [2.45, 2.75) is 6.92 Å². The van der Waals surface area contributed by atoms with Crippen molar-refractivity contribution in [3.05, 3.63) is 90.3 Å². The Balaban J connectivity index is 1.45. The van der Waals surface area contributed by atoms with Gasteiger partial charge < -0.3 is 25.2 Å². The van der Waals surface area contributed by atoms with Crippen LogP contribution >= 0.6 is 0 Å². The van der Waals surface area contributed by atoms with Crippen LogP contribution < -0.4 is 25.2 Å². The second-order valence-electron chi connectivity index (χ2n) is 9.83. The second kappa shape index (κ2) is 12.4. The summed E-state index contributed by atoms with van der Waals surface area (Å²) in [5, 5.41) is 15.4. The number of piperazine rings is 1. The van der Waals surface area contributed by atoms with Gasteiger partial charge in [-0.15, -0.1) is 0 Å². The number of carbonyl (C=O) groups excluding carboxylic acids is 1. The summed E-state index contributed by atoms with van der Waals surface area (Å²) in [6.45, 7) is 5.89. The summed E-state index contributed by atoms with van der Waals surface area (Å²) < 4.78 is 5.31. The van der Waals surface area contributed by atoms with Crippen molar-refractivity contribution in [1.29, 1.82) is 5.26 Å². The van der Waals surface area contributed by atoms with Crippen LogP contribution in [0.4, 0.5) is 39.2 Å². The summed E-state index contributed by atoms with van der Waals surface area (Å²) in [7, 11) is 3.76. The molecule has 10 heteroatoms. The van der Waals surface area contributed by atoms with E-state index in [0.717, 1.165) is 48.9 Å². The smallest absolute Gasteiger partial charge is 0.332 e. The van der Waals surface area contributed by atoms with Crippen molar-refractivity contribution < 1.29 is 9.53 Å². The quantitative estimate of drug-likeness (QED) is 0.310. The first-order chi connectivity index (χ1) is 19.9. The Morgan fingerprint density at radius 1 is 0.976 bits per heavy atom. The van der Waals surface area contributed by atoms with Crippen molar-refractivity contribution in [2.75, 3.05) is 60.8 Å². The number of benzene rings is 3. The van der Waals surface area contributed by atoms with E-state index in [1.807, 2.05) is 49.4 Å². The first kappa shape index (κ1) is 27.4. The lowest BCUT2D eigenvalue weighted by Gasteiger charge is -2.34. The zero-order chi connectivity index (χ0) is 28.8. The van der Waals surface area contributed by atoms with Gasteiger partial charge in [0, 0.05) is 49.3 Å². The predicted octanol–water partition coefficient (Wildman–Crippen LogP) is 5.53. The number of aromatic nitrogens is 2. The number of carbonyl (C=O) groups is 1. The number of anilines is 6. The molecule has 41 heavy (non-hydrogen) atoms. The lowest BCUT2D eigenvalue weighted by Crippen LogP contribution is -2.44. The van der Waals surface area contributed by atoms with Crippen LogP contribution in [0.5, 0.6) is 5.75 Å². The van der Waals surface area contributed by atoms with E-state index >= 15 is 0 Å². The Kier molecular flexibility index (Phi) is 8.27. The first-order valence-corrected chi connectivity index (χ1v) is 13.3. The number of nitrogens with zero attached hydrogens (tertiary/aromatic N) is 6. The molecule has 0 bridgehead atoms. The molecule has 0 spiro atoms. The van der Waals surface area contributed by atoms with Crippen LogP contribution in [0.15, 0.2) is 79.1 Å². The van der Waals surface area contributed by atoms with Crippen molar-refractivity contribution in [1.82, 2.24) is 14.9 Å². The lowest BCUT2D eigenvalue weighted by atomic mass is 10.2. The molecule has 1 aliphatic heterocycles. The summed E-state index contributed by atoms with van der Waals surface area (Å²) in [5.41, 5.74) is 4.68. The third-order valence-corrected chi connectivity index (χ3v) is 7.02. The van der Waals surface area contributed by atoms with E-state index in [1.54, 1.807) is 37.4 Å². The van der Waals surface area contributed by atoms with Crippen molar-refractivity contribution in [2.24, 2.45) is 0 Å². The van der Waals surface area contributed by atoms with E-state index in [0.29, 0.717) is 28.6 Å². The minimum absolute atomic E-state index is 0.396. The molecular weight excluding hydrogens is 516 g/mol. The molecule has 0 unspecified atom stereocenters. The summed E-state index contributed by atoms with van der Waals surface area (Å²) >= 11 is 0. The Bertz CT molecular complexity index is 1540. The van der Waals surface area contributed by atoms with Gasteiger partial charge in [-0.3, -0.25) is 0 Å². The average molecular weight is 549 g/mol. The van der Waals surface area contributed by atoms with Gasteiger partial charge >= 0.3 is 6.03 Å². The van der Waals surface area contributed by atoms with E-state index in [4.69, 9.17) is 10.00 Å². The zero-order valence-corrected chi connectivity index (χ0v) is 23.3. The molecule has 1 saturated heterocycles. The van der Waals surface area contributed by atoms with Crippen LogP contribution in [0.25, 0.3) is 0 Å². The molecule has 3 aromatic carbocycles. The number of hydrogen-bond acceptors (Lipinski definition) is 8. The van der Waals surface area contributed by atoms with Gasteiger partial charge in [-0.25, -0.2) is 19.7 Å². The summed E-state index contributed by atoms with van der Waals surface area (Å²) in [5.74, 6) is 1.70. The largest absolute Gasteiger partial charge is 0.497 e. The fourth-order valence-electron chi connectivity index (χ4n) is 4.62. The number of likely N-dealkylation sites (N-methyl/N-ethyl adjacent to an activating group) is 1. The molecule has 0 atom stereocenters. The monoisotopic (exact) mass is 548 g/mol. The molecule has 2 amide bonds. The van der Waals surface area contributed by atoms with E-state index in [2.05, 4.69) is 43.5 Å². The predicted molar refractivity (Wildman–Crippen MR) is 162 cm³/mol.